The third-order valence-electron chi connectivity index (χ3n) is 4.35. The molecule has 0 bridgehead atoms. The predicted octanol–water partition coefficient (Wildman–Crippen LogP) is 1.61. The van der Waals surface area contributed by atoms with Crippen molar-refractivity contribution in [2.75, 3.05) is 48.8 Å². The highest BCUT2D eigenvalue weighted by atomic mass is 16.4. The van der Waals surface area contributed by atoms with Gasteiger partial charge in [-0.25, -0.2) is 9.97 Å². The Kier molecular flexibility index (Phi) is 5.11. The zero-order chi connectivity index (χ0) is 19.3. The zero-order valence-corrected chi connectivity index (χ0v) is 15.4. The van der Waals surface area contributed by atoms with E-state index in [4.69, 9.17) is 4.42 Å². The molecule has 0 saturated carbocycles. The number of anilines is 4. The molecule has 4 rings (SSSR count). The highest BCUT2D eigenvalue weighted by Crippen LogP contribution is 2.17. The second-order valence-electron chi connectivity index (χ2n) is 6.40. The average Bonchev–Trinajstić information content (AvgIpc) is 3.19. The molecule has 1 amide bonds. The van der Waals surface area contributed by atoms with Gasteiger partial charge in [-0.3, -0.25) is 10.1 Å². The van der Waals surface area contributed by atoms with Crippen LogP contribution in [0, 0.1) is 0 Å². The summed E-state index contributed by atoms with van der Waals surface area (Å²) in [4.78, 5) is 25.3. The molecule has 28 heavy (non-hydrogen) atoms. The van der Waals surface area contributed by atoms with E-state index in [9.17, 15) is 4.79 Å². The third kappa shape index (κ3) is 4.23. The number of carbonyl (C=O) groups excluding carboxylic acids is 1. The van der Waals surface area contributed by atoms with Crippen molar-refractivity contribution < 1.29 is 9.21 Å². The van der Waals surface area contributed by atoms with E-state index in [1.54, 1.807) is 24.5 Å². The molecule has 0 radical (unpaired) electrons. The molecule has 4 heterocycles. The summed E-state index contributed by atoms with van der Waals surface area (Å²) in [6.45, 7) is 3.88. The van der Waals surface area contributed by atoms with Gasteiger partial charge in [0.15, 0.2) is 0 Å². The van der Waals surface area contributed by atoms with Crippen LogP contribution in [-0.2, 0) is 0 Å². The number of hydrogen-bond donors (Lipinski definition) is 2. The summed E-state index contributed by atoms with van der Waals surface area (Å²) < 4.78 is 5.33. The quantitative estimate of drug-likeness (QED) is 0.681. The van der Waals surface area contributed by atoms with E-state index in [2.05, 4.69) is 47.6 Å². The van der Waals surface area contributed by atoms with Gasteiger partial charge in [-0.2, -0.15) is 0 Å². The van der Waals surface area contributed by atoms with Gasteiger partial charge in [0.2, 0.25) is 0 Å². The van der Waals surface area contributed by atoms with E-state index in [-0.39, 0.29) is 11.9 Å². The Hall–Kier alpha value is -3.53. The van der Waals surface area contributed by atoms with Crippen molar-refractivity contribution in [3.8, 4) is 0 Å². The molecule has 0 aliphatic carbocycles. The summed E-state index contributed by atoms with van der Waals surface area (Å²) in [5, 5.41) is 13.1. The first-order valence-electron chi connectivity index (χ1n) is 8.90. The molecule has 1 saturated heterocycles. The minimum atomic E-state index is -0.504. The Labute approximate surface area is 161 Å². The second kappa shape index (κ2) is 8.01. The van der Waals surface area contributed by atoms with E-state index in [1.807, 2.05) is 18.2 Å². The molecule has 10 heteroatoms. The first-order valence-corrected chi connectivity index (χ1v) is 8.90. The molecule has 3 aromatic heterocycles. The maximum Gasteiger partial charge on any atom is 0.321 e. The number of nitrogens with zero attached hydrogens (tertiary/aromatic N) is 6. The lowest BCUT2D eigenvalue weighted by Gasteiger charge is -2.33. The summed E-state index contributed by atoms with van der Waals surface area (Å²) in [6.07, 6.45) is 3.25. The molecule has 0 unspecified atom stereocenters. The van der Waals surface area contributed by atoms with Crippen molar-refractivity contribution in [1.29, 1.82) is 0 Å². The number of carbonyl (C=O) groups is 1. The smallest absolute Gasteiger partial charge is 0.321 e. The Morgan fingerprint density at radius 1 is 1.07 bits per heavy atom. The minimum absolute atomic E-state index is 0.0902. The molecule has 1 aliphatic rings. The molecule has 144 valence electrons. The second-order valence-corrected chi connectivity index (χ2v) is 6.40. The van der Waals surface area contributed by atoms with Crippen LogP contribution in [0.5, 0.6) is 0 Å². The Balaban J connectivity index is 1.36. The number of aromatic nitrogens is 4. The van der Waals surface area contributed by atoms with Gasteiger partial charge in [0.05, 0.1) is 11.9 Å². The van der Waals surface area contributed by atoms with Gasteiger partial charge < -0.3 is 19.5 Å². The summed E-state index contributed by atoms with van der Waals surface area (Å²) in [5.41, 5.74) is 0.556. The topological polar surface area (TPSA) is 112 Å². The van der Waals surface area contributed by atoms with E-state index in [1.165, 1.54) is 0 Å². The van der Waals surface area contributed by atoms with Gasteiger partial charge in [-0.05, 0) is 31.3 Å². The van der Waals surface area contributed by atoms with Crippen LogP contribution >= 0.6 is 0 Å². The standard InChI is InChI=1S/C18H20N8O2/c1-25-8-10-26(11-9-25)15-6-5-13(12-20-15)21-16(27)17-23-24-18(28-17)22-14-4-2-3-7-19-14/h2-7,12H,8-11H2,1H3,(H,21,27)(H,19,22,24). The molecule has 10 nitrogen and oxygen atoms in total. The Morgan fingerprint density at radius 2 is 1.93 bits per heavy atom. The maximum atomic E-state index is 12.3. The highest BCUT2D eigenvalue weighted by Gasteiger charge is 2.17. The van der Waals surface area contributed by atoms with E-state index in [0.717, 1.165) is 32.0 Å². The Bertz CT molecular complexity index is 920. The number of rotatable bonds is 5. The summed E-state index contributed by atoms with van der Waals surface area (Å²) in [5.74, 6) is 0.782. The number of hydrogen-bond acceptors (Lipinski definition) is 9. The van der Waals surface area contributed by atoms with Crippen LogP contribution in [0.4, 0.5) is 23.3 Å². The first-order chi connectivity index (χ1) is 13.7. The summed E-state index contributed by atoms with van der Waals surface area (Å²) in [7, 11) is 2.11. The molecule has 0 atom stereocenters. The zero-order valence-electron chi connectivity index (χ0n) is 15.4. The Morgan fingerprint density at radius 3 is 2.64 bits per heavy atom. The van der Waals surface area contributed by atoms with E-state index in [0.29, 0.717) is 11.5 Å². The number of likely N-dealkylation sites (N-methyl/N-ethyl adjacent to an activating group) is 1. The summed E-state index contributed by atoms with van der Waals surface area (Å²) >= 11 is 0. The molecular formula is C18H20N8O2. The lowest BCUT2D eigenvalue weighted by Crippen LogP contribution is -2.44. The number of amides is 1. The van der Waals surface area contributed by atoms with Crippen LogP contribution in [0.1, 0.15) is 10.7 Å². The minimum Gasteiger partial charge on any atom is -0.399 e. The fraction of sp³-hybridized carbons (Fsp3) is 0.278. The van der Waals surface area contributed by atoms with Crippen LogP contribution in [-0.4, -0.2) is 64.2 Å². The highest BCUT2D eigenvalue weighted by molar-refractivity contribution is 6.00. The van der Waals surface area contributed by atoms with E-state index < -0.39 is 5.91 Å². The van der Waals surface area contributed by atoms with Crippen LogP contribution in [0.25, 0.3) is 0 Å². The van der Waals surface area contributed by atoms with Gasteiger partial charge in [0, 0.05) is 32.4 Å². The largest absolute Gasteiger partial charge is 0.399 e. The maximum absolute atomic E-state index is 12.3. The van der Waals surface area contributed by atoms with Gasteiger partial charge in [0.25, 0.3) is 0 Å². The molecule has 0 spiro atoms. The van der Waals surface area contributed by atoms with E-state index >= 15 is 0 Å². The lowest BCUT2D eigenvalue weighted by atomic mass is 10.3. The van der Waals surface area contributed by atoms with Crippen molar-refractivity contribution in [3.63, 3.8) is 0 Å². The summed E-state index contributed by atoms with van der Waals surface area (Å²) in [6, 6.07) is 9.15. The molecule has 1 fully saturated rings. The van der Waals surface area contributed by atoms with Crippen molar-refractivity contribution >= 4 is 29.2 Å². The first kappa shape index (κ1) is 17.9. The molecule has 3 aromatic rings. The van der Waals surface area contributed by atoms with Gasteiger partial charge in [0.1, 0.15) is 11.6 Å². The third-order valence-corrected chi connectivity index (χ3v) is 4.35. The van der Waals surface area contributed by atoms with Crippen LogP contribution in [0.3, 0.4) is 0 Å². The molecular weight excluding hydrogens is 360 g/mol. The molecule has 1 aliphatic heterocycles. The van der Waals surface area contributed by atoms with Crippen LogP contribution < -0.4 is 15.5 Å². The number of piperazine rings is 1. The van der Waals surface area contributed by atoms with Crippen molar-refractivity contribution in [2.24, 2.45) is 0 Å². The number of pyridine rings is 2. The van der Waals surface area contributed by atoms with Gasteiger partial charge in [-0.15, -0.1) is 5.10 Å². The fourth-order valence-electron chi connectivity index (χ4n) is 2.78. The monoisotopic (exact) mass is 380 g/mol. The van der Waals surface area contributed by atoms with Crippen LogP contribution in [0.2, 0.25) is 0 Å². The van der Waals surface area contributed by atoms with Crippen molar-refractivity contribution in [1.82, 2.24) is 25.1 Å². The average molecular weight is 380 g/mol. The lowest BCUT2D eigenvalue weighted by molar-refractivity contribution is 0.0991. The van der Waals surface area contributed by atoms with Crippen molar-refractivity contribution in [3.05, 3.63) is 48.6 Å². The molecule has 0 aromatic carbocycles. The van der Waals surface area contributed by atoms with Crippen LogP contribution in [0.15, 0.2) is 47.1 Å². The van der Waals surface area contributed by atoms with Crippen molar-refractivity contribution in [2.45, 2.75) is 0 Å². The van der Waals surface area contributed by atoms with Gasteiger partial charge >= 0.3 is 17.8 Å². The van der Waals surface area contributed by atoms with Gasteiger partial charge in [-0.1, -0.05) is 11.2 Å². The molecule has 2 N–H and O–H groups in total. The SMILES string of the molecule is CN1CCN(c2ccc(NC(=O)c3nnc(Nc4ccccn4)o3)cn2)CC1. The predicted molar refractivity (Wildman–Crippen MR) is 104 cm³/mol. The number of nitrogens with one attached hydrogen (secondary N) is 2. The fourth-order valence-corrected chi connectivity index (χ4v) is 2.78. The normalized spacial score (nSPS) is 14.7.